The summed E-state index contributed by atoms with van der Waals surface area (Å²) in [5.74, 6) is 0. The topological polar surface area (TPSA) is 50.8 Å². The van der Waals surface area contributed by atoms with Crippen LogP contribution in [0, 0.1) is 22.7 Å². The Morgan fingerprint density at radius 3 is 2.62 bits per heavy atom. The molecule has 0 bridgehead atoms. The molecule has 3 nitrogen and oxygen atoms in total. The van der Waals surface area contributed by atoms with Crippen molar-refractivity contribution in [2.45, 2.75) is 25.3 Å². The maximum absolute atomic E-state index is 9.05. The second kappa shape index (κ2) is 4.68. The van der Waals surface area contributed by atoms with E-state index in [-0.39, 0.29) is 0 Å². The van der Waals surface area contributed by atoms with Crippen LogP contribution in [-0.2, 0) is 0 Å². The third-order valence-corrected chi connectivity index (χ3v) is 2.79. The molecule has 1 aromatic rings. The summed E-state index contributed by atoms with van der Waals surface area (Å²) in [6.07, 6.45) is 2.85. The molecule has 0 saturated heterocycles. The van der Waals surface area contributed by atoms with Crippen molar-refractivity contribution in [2.75, 3.05) is 11.4 Å². The molecule has 0 unspecified atom stereocenters. The summed E-state index contributed by atoms with van der Waals surface area (Å²) in [6.45, 7) is 0.722. The first kappa shape index (κ1) is 10.5. The Kier molecular flexibility index (Phi) is 3.08. The largest absolute Gasteiger partial charge is 0.366 e. The molecule has 0 N–H and O–H groups in total. The number of rotatable bonds is 4. The van der Waals surface area contributed by atoms with Gasteiger partial charge in [0.2, 0.25) is 0 Å². The Morgan fingerprint density at radius 1 is 1.25 bits per heavy atom. The van der Waals surface area contributed by atoms with Crippen LogP contribution in [0.15, 0.2) is 24.3 Å². The van der Waals surface area contributed by atoms with E-state index in [1.807, 2.05) is 24.3 Å². The highest BCUT2D eigenvalue weighted by atomic mass is 15.2. The Labute approximate surface area is 95.5 Å². The molecule has 0 spiro atoms. The van der Waals surface area contributed by atoms with Crippen LogP contribution < -0.4 is 4.90 Å². The molecule has 0 amide bonds. The van der Waals surface area contributed by atoms with Gasteiger partial charge in [-0.1, -0.05) is 12.1 Å². The van der Waals surface area contributed by atoms with Crippen LogP contribution in [-0.4, -0.2) is 12.6 Å². The number of nitrogens with zero attached hydrogens (tertiary/aromatic N) is 3. The standard InChI is InChI=1S/C13H13N3/c14-8-3-9-16(12-6-7-12)13-5-2-1-4-11(13)10-15/h1-2,4-5,12H,3,6-7,9H2. The van der Waals surface area contributed by atoms with E-state index in [9.17, 15) is 0 Å². The van der Waals surface area contributed by atoms with E-state index >= 15 is 0 Å². The van der Waals surface area contributed by atoms with E-state index in [0.717, 1.165) is 12.2 Å². The number of nitriles is 2. The molecule has 0 radical (unpaired) electrons. The van der Waals surface area contributed by atoms with Gasteiger partial charge >= 0.3 is 0 Å². The maximum Gasteiger partial charge on any atom is 0.101 e. The molecular formula is C13H13N3. The van der Waals surface area contributed by atoms with Crippen molar-refractivity contribution >= 4 is 5.69 Å². The predicted molar refractivity (Wildman–Crippen MR) is 61.8 cm³/mol. The summed E-state index contributed by atoms with van der Waals surface area (Å²) in [5.41, 5.74) is 1.68. The molecule has 1 aromatic carbocycles. The maximum atomic E-state index is 9.05. The summed E-state index contributed by atoms with van der Waals surface area (Å²) in [7, 11) is 0. The monoisotopic (exact) mass is 211 g/mol. The van der Waals surface area contributed by atoms with Crippen molar-refractivity contribution in [2.24, 2.45) is 0 Å². The minimum atomic E-state index is 0.510. The van der Waals surface area contributed by atoms with Crippen LogP contribution in [0.25, 0.3) is 0 Å². The van der Waals surface area contributed by atoms with Crippen LogP contribution in [0.2, 0.25) is 0 Å². The highest BCUT2D eigenvalue weighted by Gasteiger charge is 2.29. The zero-order chi connectivity index (χ0) is 11.4. The van der Waals surface area contributed by atoms with E-state index in [0.29, 0.717) is 18.0 Å². The van der Waals surface area contributed by atoms with Crippen molar-refractivity contribution in [3.63, 3.8) is 0 Å². The molecule has 1 saturated carbocycles. The van der Waals surface area contributed by atoms with Crippen LogP contribution in [0.5, 0.6) is 0 Å². The van der Waals surface area contributed by atoms with Crippen molar-refractivity contribution in [3.05, 3.63) is 29.8 Å². The molecule has 1 fully saturated rings. The zero-order valence-corrected chi connectivity index (χ0v) is 9.06. The summed E-state index contributed by atoms with van der Waals surface area (Å²) in [4.78, 5) is 2.20. The van der Waals surface area contributed by atoms with Crippen molar-refractivity contribution < 1.29 is 0 Å². The first-order valence-corrected chi connectivity index (χ1v) is 5.49. The quantitative estimate of drug-likeness (QED) is 0.768. The Balaban J connectivity index is 2.25. The van der Waals surface area contributed by atoms with Gasteiger partial charge in [0.1, 0.15) is 6.07 Å². The molecule has 0 atom stereocenters. The van der Waals surface area contributed by atoms with Gasteiger partial charge in [-0.3, -0.25) is 0 Å². The van der Waals surface area contributed by atoms with Gasteiger partial charge in [0.25, 0.3) is 0 Å². The third-order valence-electron chi connectivity index (χ3n) is 2.79. The van der Waals surface area contributed by atoms with E-state index in [2.05, 4.69) is 17.0 Å². The third kappa shape index (κ3) is 2.15. The lowest BCUT2D eigenvalue weighted by Gasteiger charge is -2.24. The minimum Gasteiger partial charge on any atom is -0.366 e. The van der Waals surface area contributed by atoms with Crippen molar-refractivity contribution in [3.8, 4) is 12.1 Å². The summed E-state index contributed by atoms with van der Waals surface area (Å²) < 4.78 is 0. The second-order valence-electron chi connectivity index (χ2n) is 3.96. The summed E-state index contributed by atoms with van der Waals surface area (Å²) >= 11 is 0. The lowest BCUT2D eigenvalue weighted by molar-refractivity contribution is 0.792. The van der Waals surface area contributed by atoms with Crippen molar-refractivity contribution in [1.82, 2.24) is 0 Å². The summed E-state index contributed by atoms with van der Waals surface area (Å²) in [6, 6.07) is 12.5. The number of benzene rings is 1. The molecule has 80 valence electrons. The zero-order valence-electron chi connectivity index (χ0n) is 9.06. The minimum absolute atomic E-state index is 0.510. The van der Waals surface area contributed by atoms with Crippen LogP contribution in [0.1, 0.15) is 24.8 Å². The highest BCUT2D eigenvalue weighted by molar-refractivity contribution is 5.60. The first-order valence-electron chi connectivity index (χ1n) is 5.49. The van der Waals surface area contributed by atoms with Gasteiger partial charge in [-0.2, -0.15) is 10.5 Å². The lowest BCUT2D eigenvalue weighted by Crippen LogP contribution is -2.27. The van der Waals surface area contributed by atoms with Gasteiger partial charge in [-0.05, 0) is 25.0 Å². The smallest absolute Gasteiger partial charge is 0.101 e. The average molecular weight is 211 g/mol. The molecule has 0 aromatic heterocycles. The van der Waals surface area contributed by atoms with E-state index in [1.165, 1.54) is 12.8 Å². The predicted octanol–water partition coefficient (Wildman–Crippen LogP) is 2.44. The van der Waals surface area contributed by atoms with Gasteiger partial charge in [0, 0.05) is 12.6 Å². The van der Waals surface area contributed by atoms with Gasteiger partial charge in [0.05, 0.1) is 23.7 Å². The summed E-state index contributed by atoms with van der Waals surface area (Å²) in [5, 5.41) is 17.7. The molecular weight excluding hydrogens is 198 g/mol. The molecule has 3 heteroatoms. The van der Waals surface area contributed by atoms with E-state index < -0.39 is 0 Å². The molecule has 16 heavy (non-hydrogen) atoms. The fourth-order valence-corrected chi connectivity index (χ4v) is 1.88. The fourth-order valence-electron chi connectivity index (χ4n) is 1.88. The number of anilines is 1. The molecule has 0 heterocycles. The number of para-hydroxylation sites is 1. The lowest BCUT2D eigenvalue weighted by atomic mass is 10.1. The molecule has 1 aliphatic carbocycles. The van der Waals surface area contributed by atoms with Crippen LogP contribution in [0.4, 0.5) is 5.69 Å². The van der Waals surface area contributed by atoms with Gasteiger partial charge in [0.15, 0.2) is 0 Å². The Morgan fingerprint density at radius 2 is 2.00 bits per heavy atom. The Bertz CT molecular complexity index is 449. The van der Waals surface area contributed by atoms with Crippen LogP contribution in [0.3, 0.4) is 0 Å². The second-order valence-corrected chi connectivity index (χ2v) is 3.96. The molecule has 2 rings (SSSR count). The van der Waals surface area contributed by atoms with Gasteiger partial charge < -0.3 is 4.90 Å². The number of hydrogen-bond acceptors (Lipinski definition) is 3. The highest BCUT2D eigenvalue weighted by Crippen LogP contribution is 2.33. The van der Waals surface area contributed by atoms with E-state index in [4.69, 9.17) is 10.5 Å². The van der Waals surface area contributed by atoms with Crippen molar-refractivity contribution in [1.29, 1.82) is 10.5 Å². The number of hydrogen-bond donors (Lipinski definition) is 0. The normalized spacial score (nSPS) is 13.9. The first-order chi connectivity index (χ1) is 7.86. The fraction of sp³-hybridized carbons (Fsp3) is 0.385. The van der Waals surface area contributed by atoms with E-state index in [1.54, 1.807) is 0 Å². The average Bonchev–Trinajstić information content (AvgIpc) is 3.14. The molecule has 1 aliphatic rings. The SMILES string of the molecule is N#CCCN(c1ccccc1C#N)C1CC1. The van der Waals surface area contributed by atoms with Gasteiger partial charge in [-0.25, -0.2) is 0 Å². The molecule has 0 aliphatic heterocycles. The Hall–Kier alpha value is -2.00. The van der Waals surface area contributed by atoms with Crippen LogP contribution >= 0.6 is 0 Å². The van der Waals surface area contributed by atoms with Gasteiger partial charge in [-0.15, -0.1) is 0 Å².